The smallest absolute Gasteiger partial charge is 0.246 e. The molecule has 4 heteroatoms. The molecule has 0 radical (unpaired) electrons. The molecule has 2 aliphatic rings. The molecule has 2 aromatic rings. The third kappa shape index (κ3) is 2.74. The molecule has 1 fully saturated rings. The maximum Gasteiger partial charge on any atom is 0.246 e. The van der Waals surface area contributed by atoms with Crippen LogP contribution in [0, 0.1) is 0 Å². The zero-order valence-electron chi connectivity index (χ0n) is 13.5. The minimum Gasteiger partial charge on any atom is -0.365 e. The number of fused-ring (bicyclic) bond motifs is 2. The molecule has 1 aromatic carbocycles. The van der Waals surface area contributed by atoms with Gasteiger partial charge in [-0.2, -0.15) is 0 Å². The van der Waals surface area contributed by atoms with E-state index in [1.54, 1.807) is 18.5 Å². The molecular formula is C20H20N2O2. The summed E-state index contributed by atoms with van der Waals surface area (Å²) in [4.78, 5) is 18.3. The van der Waals surface area contributed by atoms with Crippen LogP contribution in [0.1, 0.15) is 29.5 Å². The van der Waals surface area contributed by atoms with Crippen molar-refractivity contribution in [3.05, 3.63) is 71.6 Å². The van der Waals surface area contributed by atoms with Gasteiger partial charge >= 0.3 is 0 Å². The van der Waals surface area contributed by atoms with Gasteiger partial charge in [-0.1, -0.05) is 24.3 Å². The van der Waals surface area contributed by atoms with Gasteiger partial charge in [0, 0.05) is 31.6 Å². The molecule has 0 aliphatic carbocycles. The molecule has 122 valence electrons. The van der Waals surface area contributed by atoms with Crippen LogP contribution in [0.15, 0.2) is 54.9 Å². The van der Waals surface area contributed by atoms with Gasteiger partial charge in [0.2, 0.25) is 5.91 Å². The molecule has 1 spiro atoms. The second-order valence-corrected chi connectivity index (χ2v) is 6.38. The van der Waals surface area contributed by atoms with Gasteiger partial charge in [-0.05, 0) is 47.7 Å². The van der Waals surface area contributed by atoms with Crippen LogP contribution in [-0.2, 0) is 21.7 Å². The normalized spacial score (nSPS) is 18.9. The van der Waals surface area contributed by atoms with Crippen LogP contribution in [0.3, 0.4) is 0 Å². The van der Waals surface area contributed by atoms with E-state index in [0.29, 0.717) is 6.61 Å². The van der Waals surface area contributed by atoms with Crippen molar-refractivity contribution in [3.8, 4) is 0 Å². The number of carbonyl (C=O) groups is 1. The molecule has 24 heavy (non-hydrogen) atoms. The minimum atomic E-state index is -0.192. The lowest BCUT2D eigenvalue weighted by molar-refractivity contribution is -0.133. The van der Waals surface area contributed by atoms with Crippen LogP contribution in [0.25, 0.3) is 6.08 Å². The average Bonchev–Trinajstić information content (AvgIpc) is 3.00. The van der Waals surface area contributed by atoms with Gasteiger partial charge in [0.05, 0.1) is 12.2 Å². The Morgan fingerprint density at radius 3 is 2.67 bits per heavy atom. The Kier molecular flexibility index (Phi) is 3.90. The maximum atomic E-state index is 12.4. The van der Waals surface area contributed by atoms with Gasteiger partial charge in [0.15, 0.2) is 0 Å². The van der Waals surface area contributed by atoms with Crippen molar-refractivity contribution in [3.63, 3.8) is 0 Å². The number of rotatable bonds is 2. The van der Waals surface area contributed by atoms with Crippen molar-refractivity contribution in [2.75, 3.05) is 13.1 Å². The zero-order valence-corrected chi connectivity index (χ0v) is 13.5. The number of amides is 1. The second-order valence-electron chi connectivity index (χ2n) is 6.38. The third-order valence-electron chi connectivity index (χ3n) is 5.02. The van der Waals surface area contributed by atoms with Gasteiger partial charge in [0.25, 0.3) is 0 Å². The Morgan fingerprint density at radius 2 is 1.88 bits per heavy atom. The van der Waals surface area contributed by atoms with Crippen molar-refractivity contribution in [1.29, 1.82) is 0 Å². The number of pyridine rings is 1. The van der Waals surface area contributed by atoms with Crippen molar-refractivity contribution >= 4 is 12.0 Å². The maximum absolute atomic E-state index is 12.4. The summed E-state index contributed by atoms with van der Waals surface area (Å²) in [5.74, 6) is 0.0629. The molecule has 0 N–H and O–H groups in total. The molecule has 4 nitrogen and oxygen atoms in total. The van der Waals surface area contributed by atoms with Gasteiger partial charge in [0.1, 0.15) is 0 Å². The quantitative estimate of drug-likeness (QED) is 0.798. The van der Waals surface area contributed by atoms with Crippen molar-refractivity contribution in [2.45, 2.75) is 25.0 Å². The number of likely N-dealkylation sites (tertiary alicyclic amines) is 1. The number of hydrogen-bond donors (Lipinski definition) is 0. The molecule has 4 rings (SSSR count). The van der Waals surface area contributed by atoms with Crippen LogP contribution in [-0.4, -0.2) is 28.9 Å². The first-order chi connectivity index (χ1) is 11.8. The average molecular weight is 320 g/mol. The highest BCUT2D eigenvalue weighted by molar-refractivity contribution is 5.91. The fraction of sp³-hybridized carbons (Fsp3) is 0.300. The van der Waals surface area contributed by atoms with Crippen molar-refractivity contribution < 1.29 is 9.53 Å². The Balaban J connectivity index is 1.42. The lowest BCUT2D eigenvalue weighted by Gasteiger charge is -2.39. The van der Waals surface area contributed by atoms with Crippen molar-refractivity contribution in [2.24, 2.45) is 0 Å². The van der Waals surface area contributed by atoms with E-state index in [2.05, 4.69) is 29.2 Å². The second kappa shape index (κ2) is 6.21. The van der Waals surface area contributed by atoms with Crippen LogP contribution < -0.4 is 0 Å². The number of aromatic nitrogens is 1. The summed E-state index contributed by atoms with van der Waals surface area (Å²) in [6.45, 7) is 2.15. The number of carbonyl (C=O) groups excluding carboxylic acids is 1. The van der Waals surface area contributed by atoms with E-state index in [-0.39, 0.29) is 11.5 Å². The molecular weight excluding hydrogens is 300 g/mol. The Labute approximate surface area is 141 Å². The fourth-order valence-corrected chi connectivity index (χ4v) is 3.63. The zero-order chi connectivity index (χ0) is 16.4. The minimum absolute atomic E-state index is 0.0629. The summed E-state index contributed by atoms with van der Waals surface area (Å²) in [5.41, 5.74) is 3.39. The number of hydrogen-bond acceptors (Lipinski definition) is 3. The summed E-state index contributed by atoms with van der Waals surface area (Å²) < 4.78 is 6.15. The molecule has 3 heterocycles. The highest BCUT2D eigenvalue weighted by atomic mass is 16.5. The third-order valence-corrected chi connectivity index (χ3v) is 5.02. The molecule has 1 aromatic heterocycles. The van der Waals surface area contributed by atoms with Gasteiger partial charge < -0.3 is 9.64 Å². The highest BCUT2D eigenvalue weighted by Crippen LogP contribution is 2.43. The number of ether oxygens (including phenoxy) is 1. The van der Waals surface area contributed by atoms with E-state index in [9.17, 15) is 4.79 Å². The van der Waals surface area contributed by atoms with Crippen LogP contribution >= 0.6 is 0 Å². The van der Waals surface area contributed by atoms with E-state index < -0.39 is 0 Å². The first-order valence-corrected chi connectivity index (χ1v) is 8.36. The SMILES string of the molecule is O=C(/C=C/c1ccncc1)N1CCC2(CC1)OCc1ccccc12. The van der Waals surface area contributed by atoms with Crippen LogP contribution in [0.5, 0.6) is 0 Å². The van der Waals surface area contributed by atoms with Crippen molar-refractivity contribution in [1.82, 2.24) is 9.88 Å². The van der Waals surface area contributed by atoms with E-state index >= 15 is 0 Å². The Morgan fingerprint density at radius 1 is 1.12 bits per heavy atom. The summed E-state index contributed by atoms with van der Waals surface area (Å²) in [6.07, 6.45) is 8.66. The Bertz CT molecular complexity index is 762. The van der Waals surface area contributed by atoms with Crippen LogP contribution in [0.2, 0.25) is 0 Å². The fourth-order valence-electron chi connectivity index (χ4n) is 3.63. The molecule has 0 unspecified atom stereocenters. The first kappa shape index (κ1) is 15.1. The van der Waals surface area contributed by atoms with Gasteiger partial charge in [-0.15, -0.1) is 0 Å². The van der Waals surface area contributed by atoms with E-state index in [0.717, 1.165) is 31.5 Å². The number of nitrogens with zero attached hydrogens (tertiary/aromatic N) is 2. The lowest BCUT2D eigenvalue weighted by atomic mass is 9.84. The van der Waals surface area contributed by atoms with Gasteiger partial charge in [-0.25, -0.2) is 0 Å². The summed E-state index contributed by atoms with van der Waals surface area (Å²) in [7, 11) is 0. The topological polar surface area (TPSA) is 42.4 Å². The standard InChI is InChI=1S/C20H20N2O2/c23-19(6-5-16-7-11-21-12-8-16)22-13-9-20(10-14-22)18-4-2-1-3-17(18)15-24-20/h1-8,11-12H,9-10,13-15H2/b6-5+. The molecule has 0 saturated carbocycles. The summed E-state index contributed by atoms with van der Waals surface area (Å²) in [5, 5.41) is 0. The molecule has 0 atom stereocenters. The largest absolute Gasteiger partial charge is 0.365 e. The van der Waals surface area contributed by atoms with Crippen LogP contribution in [0.4, 0.5) is 0 Å². The number of benzene rings is 1. The number of piperidine rings is 1. The predicted molar refractivity (Wildman–Crippen MR) is 92.0 cm³/mol. The molecule has 1 saturated heterocycles. The molecule has 2 aliphatic heterocycles. The van der Waals surface area contributed by atoms with E-state index in [1.165, 1.54) is 11.1 Å². The first-order valence-electron chi connectivity index (χ1n) is 8.36. The van der Waals surface area contributed by atoms with E-state index in [4.69, 9.17) is 4.74 Å². The highest BCUT2D eigenvalue weighted by Gasteiger charge is 2.42. The summed E-state index contributed by atoms with van der Waals surface area (Å²) in [6, 6.07) is 12.2. The molecule has 0 bridgehead atoms. The predicted octanol–water partition coefficient (Wildman–Crippen LogP) is 3.14. The van der Waals surface area contributed by atoms with Gasteiger partial charge in [-0.3, -0.25) is 9.78 Å². The molecule has 1 amide bonds. The monoisotopic (exact) mass is 320 g/mol. The van der Waals surface area contributed by atoms with E-state index in [1.807, 2.05) is 23.1 Å². The summed E-state index contributed by atoms with van der Waals surface area (Å²) >= 11 is 0. The Hall–Kier alpha value is -2.46. The lowest BCUT2D eigenvalue weighted by Crippen LogP contribution is -2.44.